The third kappa shape index (κ3) is 3.73. The molecule has 1 amide bonds. The van der Waals surface area contributed by atoms with Crippen molar-refractivity contribution < 1.29 is 4.79 Å². The number of amides is 1. The lowest BCUT2D eigenvalue weighted by atomic mass is 10.2. The van der Waals surface area contributed by atoms with Gasteiger partial charge in [0.1, 0.15) is 0 Å². The van der Waals surface area contributed by atoms with Crippen molar-refractivity contribution in [1.82, 2.24) is 9.97 Å². The van der Waals surface area contributed by atoms with E-state index in [-0.39, 0.29) is 11.2 Å². The summed E-state index contributed by atoms with van der Waals surface area (Å²) in [6.07, 6.45) is 1.67. The molecule has 1 N–H and O–H groups in total. The molecule has 112 valence electrons. The molecule has 0 unspecified atom stereocenters. The molecule has 22 heavy (non-hydrogen) atoms. The molecule has 0 saturated heterocycles. The highest BCUT2D eigenvalue weighted by atomic mass is 32.2. The zero-order valence-electron chi connectivity index (χ0n) is 11.7. The van der Waals surface area contributed by atoms with Crippen LogP contribution >= 0.6 is 34.4 Å². The molecule has 0 aliphatic carbocycles. The van der Waals surface area contributed by atoms with Gasteiger partial charge in [-0.25, -0.2) is 9.97 Å². The first-order valence-corrected chi connectivity index (χ1v) is 9.24. The van der Waals surface area contributed by atoms with Gasteiger partial charge in [0.05, 0.1) is 10.9 Å². The number of aromatic nitrogens is 2. The van der Waals surface area contributed by atoms with Gasteiger partial charge in [0, 0.05) is 22.5 Å². The van der Waals surface area contributed by atoms with Crippen molar-refractivity contribution >= 4 is 45.5 Å². The summed E-state index contributed by atoms with van der Waals surface area (Å²) in [6, 6.07) is 10.0. The van der Waals surface area contributed by atoms with Gasteiger partial charge in [-0.1, -0.05) is 42.1 Å². The summed E-state index contributed by atoms with van der Waals surface area (Å²) < 4.78 is 0.889. The van der Waals surface area contributed by atoms with Crippen LogP contribution in [0.3, 0.4) is 0 Å². The van der Waals surface area contributed by atoms with Gasteiger partial charge in [-0.2, -0.15) is 0 Å². The Labute approximate surface area is 140 Å². The first-order valence-electron chi connectivity index (χ1n) is 6.60. The van der Waals surface area contributed by atoms with E-state index in [1.165, 1.54) is 23.1 Å². The van der Waals surface area contributed by atoms with Crippen molar-refractivity contribution in [3.8, 4) is 11.3 Å². The van der Waals surface area contributed by atoms with Crippen LogP contribution in [0.5, 0.6) is 0 Å². The molecule has 0 aliphatic rings. The summed E-state index contributed by atoms with van der Waals surface area (Å²) in [7, 11) is 0. The van der Waals surface area contributed by atoms with Gasteiger partial charge in [0.15, 0.2) is 9.47 Å². The quantitative estimate of drug-likeness (QED) is 0.696. The van der Waals surface area contributed by atoms with Crippen LogP contribution in [0.15, 0.2) is 51.6 Å². The molecule has 7 heteroatoms. The van der Waals surface area contributed by atoms with Crippen LogP contribution in [-0.4, -0.2) is 21.1 Å². The fraction of sp³-hybridized carbons (Fsp3) is 0.133. The van der Waals surface area contributed by atoms with E-state index in [1.807, 2.05) is 48.0 Å². The molecule has 0 fully saturated rings. The van der Waals surface area contributed by atoms with E-state index in [1.54, 1.807) is 17.5 Å². The minimum absolute atomic E-state index is 0.0589. The number of hydrogen-bond acceptors (Lipinski definition) is 6. The maximum Gasteiger partial charge on any atom is 0.239 e. The molecule has 0 bridgehead atoms. The number of thioether (sulfide) groups is 1. The Kier molecular flexibility index (Phi) is 4.87. The Balaban J connectivity index is 1.63. The molecular formula is C15H13N3OS3. The minimum atomic E-state index is -0.223. The van der Waals surface area contributed by atoms with E-state index in [9.17, 15) is 4.79 Å². The van der Waals surface area contributed by atoms with E-state index in [0.29, 0.717) is 5.13 Å². The number of thiazole rings is 2. The highest BCUT2D eigenvalue weighted by molar-refractivity contribution is 8.02. The summed E-state index contributed by atoms with van der Waals surface area (Å²) in [5, 5.41) is 7.06. The number of rotatable bonds is 5. The number of benzene rings is 1. The third-order valence-corrected chi connectivity index (χ3v) is 5.62. The summed E-state index contributed by atoms with van der Waals surface area (Å²) in [4.78, 5) is 20.7. The number of carbonyl (C=O) groups excluding carboxylic acids is 1. The summed E-state index contributed by atoms with van der Waals surface area (Å²) in [5.41, 5.74) is 2.03. The summed E-state index contributed by atoms with van der Waals surface area (Å²) >= 11 is 4.43. The second kappa shape index (κ2) is 7.04. The lowest BCUT2D eigenvalue weighted by Gasteiger charge is -2.08. The first kappa shape index (κ1) is 15.2. The molecule has 0 spiro atoms. The number of carbonyl (C=O) groups is 1. The molecule has 0 aliphatic heterocycles. The van der Waals surface area contributed by atoms with E-state index in [0.717, 1.165) is 15.6 Å². The van der Waals surface area contributed by atoms with E-state index >= 15 is 0 Å². The third-order valence-electron chi connectivity index (χ3n) is 2.86. The fourth-order valence-corrected chi connectivity index (χ4v) is 4.25. The van der Waals surface area contributed by atoms with Gasteiger partial charge in [-0.05, 0) is 6.92 Å². The smallest absolute Gasteiger partial charge is 0.239 e. The second-order valence-corrected chi connectivity index (χ2v) is 7.79. The van der Waals surface area contributed by atoms with Gasteiger partial charge in [0.25, 0.3) is 0 Å². The highest BCUT2D eigenvalue weighted by Crippen LogP contribution is 2.31. The van der Waals surface area contributed by atoms with Crippen LogP contribution in [0.4, 0.5) is 5.13 Å². The van der Waals surface area contributed by atoms with Crippen molar-refractivity contribution in [2.75, 3.05) is 5.32 Å². The van der Waals surface area contributed by atoms with Crippen LogP contribution in [0.2, 0.25) is 0 Å². The van der Waals surface area contributed by atoms with E-state index in [4.69, 9.17) is 0 Å². The molecule has 2 aromatic heterocycles. The predicted octanol–water partition coefficient (Wildman–Crippen LogP) is 4.39. The van der Waals surface area contributed by atoms with Crippen molar-refractivity contribution in [3.63, 3.8) is 0 Å². The Morgan fingerprint density at radius 1 is 1.27 bits per heavy atom. The Hall–Kier alpha value is -1.70. The molecule has 4 nitrogen and oxygen atoms in total. The normalized spacial score (nSPS) is 12.0. The van der Waals surface area contributed by atoms with E-state index in [2.05, 4.69) is 15.3 Å². The van der Waals surface area contributed by atoms with Crippen LogP contribution in [-0.2, 0) is 4.79 Å². The van der Waals surface area contributed by atoms with Gasteiger partial charge >= 0.3 is 0 Å². The molecular weight excluding hydrogens is 334 g/mol. The van der Waals surface area contributed by atoms with Gasteiger partial charge in [0.2, 0.25) is 5.91 Å². The van der Waals surface area contributed by atoms with E-state index < -0.39 is 0 Å². The number of nitrogens with zero attached hydrogens (tertiary/aromatic N) is 2. The standard InChI is InChI=1S/C15H13N3OS3/c1-10(13(19)18-14-16-7-8-20-14)22-15-17-12(9-21-15)11-5-3-2-4-6-11/h2-10H,1H3,(H,16,18,19)/t10-/m1/s1. The Bertz CT molecular complexity index is 741. The first-order chi connectivity index (χ1) is 10.7. The molecule has 0 radical (unpaired) electrons. The van der Waals surface area contributed by atoms with Crippen LogP contribution < -0.4 is 5.32 Å². The van der Waals surface area contributed by atoms with Crippen molar-refractivity contribution in [2.45, 2.75) is 16.5 Å². The number of anilines is 1. The zero-order valence-corrected chi connectivity index (χ0v) is 14.2. The molecule has 3 aromatic rings. The number of nitrogens with one attached hydrogen (secondary N) is 1. The molecule has 2 heterocycles. The lowest BCUT2D eigenvalue weighted by molar-refractivity contribution is -0.115. The summed E-state index contributed by atoms with van der Waals surface area (Å²) in [5.74, 6) is -0.0589. The van der Waals surface area contributed by atoms with Crippen molar-refractivity contribution in [2.24, 2.45) is 0 Å². The Morgan fingerprint density at radius 3 is 2.82 bits per heavy atom. The van der Waals surface area contributed by atoms with Crippen LogP contribution in [0.1, 0.15) is 6.92 Å². The fourth-order valence-electron chi connectivity index (χ4n) is 1.75. The van der Waals surface area contributed by atoms with Crippen LogP contribution in [0, 0.1) is 0 Å². The maximum absolute atomic E-state index is 12.1. The zero-order chi connectivity index (χ0) is 15.4. The lowest BCUT2D eigenvalue weighted by Crippen LogP contribution is -2.22. The van der Waals surface area contributed by atoms with Crippen molar-refractivity contribution in [1.29, 1.82) is 0 Å². The summed E-state index contributed by atoms with van der Waals surface area (Å²) in [6.45, 7) is 1.87. The number of hydrogen-bond donors (Lipinski definition) is 1. The molecule has 0 saturated carbocycles. The highest BCUT2D eigenvalue weighted by Gasteiger charge is 2.17. The predicted molar refractivity (Wildman–Crippen MR) is 93.6 cm³/mol. The maximum atomic E-state index is 12.1. The van der Waals surface area contributed by atoms with Gasteiger partial charge in [-0.15, -0.1) is 22.7 Å². The second-order valence-electron chi connectivity index (χ2n) is 4.45. The van der Waals surface area contributed by atoms with Crippen molar-refractivity contribution in [3.05, 3.63) is 47.3 Å². The average molecular weight is 347 g/mol. The molecule has 1 atom stereocenters. The van der Waals surface area contributed by atoms with Gasteiger partial charge in [-0.3, -0.25) is 4.79 Å². The average Bonchev–Trinajstić information content (AvgIpc) is 3.20. The van der Waals surface area contributed by atoms with Crippen LogP contribution in [0.25, 0.3) is 11.3 Å². The largest absolute Gasteiger partial charge is 0.301 e. The molecule has 3 rings (SSSR count). The SMILES string of the molecule is C[C@@H](Sc1nc(-c2ccccc2)cs1)C(=O)Nc1nccs1. The van der Waals surface area contributed by atoms with Gasteiger partial charge < -0.3 is 5.32 Å². The monoisotopic (exact) mass is 347 g/mol. The molecule has 1 aromatic carbocycles. The Morgan fingerprint density at radius 2 is 2.09 bits per heavy atom. The topological polar surface area (TPSA) is 54.9 Å². The minimum Gasteiger partial charge on any atom is -0.301 e.